The molecular formula is C12H14FNO. The van der Waals surface area contributed by atoms with Crippen LogP contribution in [-0.2, 0) is 6.42 Å². The number of rotatable bonds is 4. The van der Waals surface area contributed by atoms with Crippen LogP contribution in [0.1, 0.15) is 5.56 Å². The number of alkyl halides is 1. The summed E-state index contributed by atoms with van der Waals surface area (Å²) in [5, 5.41) is 3.86. The molecule has 2 aromatic rings. The second kappa shape index (κ2) is 4.45. The molecule has 0 bridgehead atoms. The molecule has 0 spiro atoms. The molecular weight excluding hydrogens is 193 g/mol. The monoisotopic (exact) mass is 207 g/mol. The molecule has 3 heteroatoms. The molecule has 1 aromatic heterocycles. The normalized spacial score (nSPS) is 13.2. The van der Waals surface area contributed by atoms with Gasteiger partial charge >= 0.3 is 0 Å². The van der Waals surface area contributed by atoms with E-state index in [1.807, 2.05) is 24.3 Å². The third kappa shape index (κ3) is 2.36. The summed E-state index contributed by atoms with van der Waals surface area (Å²) in [6.45, 7) is 0.392. The van der Waals surface area contributed by atoms with Gasteiger partial charge in [-0.25, -0.2) is 4.39 Å². The molecule has 1 unspecified atom stereocenters. The van der Waals surface area contributed by atoms with Gasteiger partial charge in [0.15, 0.2) is 0 Å². The second-order valence-corrected chi connectivity index (χ2v) is 3.65. The summed E-state index contributed by atoms with van der Waals surface area (Å²) >= 11 is 0. The summed E-state index contributed by atoms with van der Waals surface area (Å²) in [5.41, 5.74) is 1.86. The van der Waals surface area contributed by atoms with Gasteiger partial charge in [0, 0.05) is 18.4 Å². The molecule has 1 aromatic carbocycles. The lowest BCUT2D eigenvalue weighted by Crippen LogP contribution is -2.21. The van der Waals surface area contributed by atoms with Crippen molar-refractivity contribution >= 4 is 11.0 Å². The number of furan rings is 1. The van der Waals surface area contributed by atoms with Crippen LogP contribution in [0.3, 0.4) is 0 Å². The molecule has 0 saturated carbocycles. The van der Waals surface area contributed by atoms with Crippen LogP contribution in [0, 0.1) is 0 Å². The quantitative estimate of drug-likeness (QED) is 0.833. The SMILES string of the molecule is CNCC(F)Cc1ccc2occc2c1. The number of nitrogens with one attached hydrogen (secondary N) is 1. The van der Waals surface area contributed by atoms with Crippen LogP contribution in [0.25, 0.3) is 11.0 Å². The molecule has 0 radical (unpaired) electrons. The molecule has 2 nitrogen and oxygen atoms in total. The highest BCUT2D eigenvalue weighted by Crippen LogP contribution is 2.18. The van der Waals surface area contributed by atoms with Gasteiger partial charge in [-0.3, -0.25) is 0 Å². The Bertz CT molecular complexity index is 438. The Kier molecular flexibility index (Phi) is 3.02. The molecule has 0 amide bonds. The van der Waals surface area contributed by atoms with Crippen molar-refractivity contribution in [3.8, 4) is 0 Å². The van der Waals surface area contributed by atoms with Gasteiger partial charge in [0.05, 0.1) is 6.26 Å². The fraction of sp³-hybridized carbons (Fsp3) is 0.333. The average Bonchev–Trinajstić information content (AvgIpc) is 2.65. The molecule has 15 heavy (non-hydrogen) atoms. The minimum Gasteiger partial charge on any atom is -0.464 e. The fourth-order valence-electron chi connectivity index (χ4n) is 1.69. The zero-order valence-corrected chi connectivity index (χ0v) is 8.66. The Balaban J connectivity index is 2.14. The summed E-state index contributed by atoms with van der Waals surface area (Å²) in [6, 6.07) is 7.66. The Labute approximate surface area is 88.1 Å². The van der Waals surface area contributed by atoms with Crippen molar-refractivity contribution in [2.75, 3.05) is 13.6 Å². The largest absolute Gasteiger partial charge is 0.464 e. The van der Waals surface area contributed by atoms with Gasteiger partial charge in [-0.05, 0) is 30.8 Å². The number of hydrogen-bond donors (Lipinski definition) is 1. The lowest BCUT2D eigenvalue weighted by Gasteiger charge is -2.07. The third-order valence-corrected chi connectivity index (χ3v) is 2.40. The van der Waals surface area contributed by atoms with Crippen LogP contribution >= 0.6 is 0 Å². The highest BCUT2D eigenvalue weighted by molar-refractivity contribution is 5.77. The van der Waals surface area contributed by atoms with E-state index in [0.29, 0.717) is 13.0 Å². The Hall–Kier alpha value is -1.35. The van der Waals surface area contributed by atoms with Crippen LogP contribution in [-0.4, -0.2) is 19.8 Å². The smallest absolute Gasteiger partial charge is 0.133 e. The van der Waals surface area contributed by atoms with E-state index in [9.17, 15) is 4.39 Å². The highest BCUT2D eigenvalue weighted by Gasteiger charge is 2.07. The average molecular weight is 207 g/mol. The van der Waals surface area contributed by atoms with Gasteiger partial charge in [-0.1, -0.05) is 6.07 Å². The standard InChI is InChI=1S/C12H14FNO/c1-14-8-11(13)7-9-2-3-12-10(6-9)4-5-15-12/h2-6,11,14H,7-8H2,1H3. The molecule has 1 heterocycles. The number of halogens is 1. The lowest BCUT2D eigenvalue weighted by atomic mass is 10.1. The van der Waals surface area contributed by atoms with Crippen LogP contribution < -0.4 is 5.32 Å². The Morgan fingerprint density at radius 3 is 3.07 bits per heavy atom. The van der Waals surface area contributed by atoms with Gasteiger partial charge in [0.1, 0.15) is 11.8 Å². The predicted molar refractivity (Wildman–Crippen MR) is 58.7 cm³/mol. The Morgan fingerprint density at radius 2 is 2.27 bits per heavy atom. The number of hydrogen-bond acceptors (Lipinski definition) is 2. The minimum atomic E-state index is -0.834. The zero-order chi connectivity index (χ0) is 10.7. The van der Waals surface area contributed by atoms with Gasteiger partial charge in [-0.2, -0.15) is 0 Å². The summed E-state index contributed by atoms with van der Waals surface area (Å²) in [5.74, 6) is 0. The van der Waals surface area contributed by atoms with Crippen LogP contribution in [0.2, 0.25) is 0 Å². The number of benzene rings is 1. The molecule has 0 aliphatic rings. The van der Waals surface area contributed by atoms with E-state index in [0.717, 1.165) is 16.5 Å². The third-order valence-electron chi connectivity index (χ3n) is 2.40. The molecule has 2 rings (SSSR count). The van der Waals surface area contributed by atoms with Crippen LogP contribution in [0.5, 0.6) is 0 Å². The van der Waals surface area contributed by atoms with Crippen molar-refractivity contribution in [1.82, 2.24) is 5.32 Å². The van der Waals surface area contributed by atoms with Crippen LogP contribution in [0.15, 0.2) is 34.9 Å². The molecule has 0 aliphatic carbocycles. The first kappa shape index (κ1) is 10.2. The van der Waals surface area contributed by atoms with Crippen molar-refractivity contribution in [3.05, 3.63) is 36.1 Å². The van der Waals surface area contributed by atoms with Gasteiger partial charge in [-0.15, -0.1) is 0 Å². The lowest BCUT2D eigenvalue weighted by molar-refractivity contribution is 0.324. The topological polar surface area (TPSA) is 25.2 Å². The van der Waals surface area contributed by atoms with E-state index in [1.165, 1.54) is 0 Å². The van der Waals surface area contributed by atoms with Crippen molar-refractivity contribution < 1.29 is 8.81 Å². The summed E-state index contributed by atoms with van der Waals surface area (Å²) in [4.78, 5) is 0. The van der Waals surface area contributed by atoms with Crippen molar-refractivity contribution in [3.63, 3.8) is 0 Å². The predicted octanol–water partition coefficient (Wildman–Crippen LogP) is 2.53. The summed E-state index contributed by atoms with van der Waals surface area (Å²) in [6.07, 6.45) is 1.26. The van der Waals surface area contributed by atoms with Crippen molar-refractivity contribution in [1.29, 1.82) is 0 Å². The Morgan fingerprint density at radius 1 is 1.40 bits per heavy atom. The van der Waals surface area contributed by atoms with E-state index in [1.54, 1.807) is 13.3 Å². The first-order valence-corrected chi connectivity index (χ1v) is 5.04. The minimum absolute atomic E-state index is 0.392. The van der Waals surface area contributed by atoms with Crippen molar-refractivity contribution in [2.45, 2.75) is 12.6 Å². The summed E-state index contributed by atoms with van der Waals surface area (Å²) in [7, 11) is 1.76. The maximum Gasteiger partial charge on any atom is 0.133 e. The molecule has 0 saturated heterocycles. The number of fused-ring (bicyclic) bond motifs is 1. The highest BCUT2D eigenvalue weighted by atomic mass is 19.1. The van der Waals surface area contributed by atoms with E-state index >= 15 is 0 Å². The maximum atomic E-state index is 13.3. The van der Waals surface area contributed by atoms with Gasteiger partial charge in [0.25, 0.3) is 0 Å². The van der Waals surface area contributed by atoms with Crippen LogP contribution in [0.4, 0.5) is 4.39 Å². The molecule has 80 valence electrons. The first-order valence-electron chi connectivity index (χ1n) is 5.04. The maximum absolute atomic E-state index is 13.3. The summed E-state index contributed by atoms with van der Waals surface area (Å²) < 4.78 is 18.5. The van der Waals surface area contributed by atoms with E-state index < -0.39 is 6.17 Å². The second-order valence-electron chi connectivity index (χ2n) is 3.65. The fourth-order valence-corrected chi connectivity index (χ4v) is 1.69. The molecule has 1 atom stereocenters. The van der Waals surface area contributed by atoms with Gasteiger partial charge in [0.2, 0.25) is 0 Å². The van der Waals surface area contributed by atoms with E-state index in [-0.39, 0.29) is 0 Å². The molecule has 0 fully saturated rings. The van der Waals surface area contributed by atoms with Crippen molar-refractivity contribution in [2.24, 2.45) is 0 Å². The zero-order valence-electron chi connectivity index (χ0n) is 8.66. The van der Waals surface area contributed by atoms with Gasteiger partial charge < -0.3 is 9.73 Å². The molecule has 0 aliphatic heterocycles. The van der Waals surface area contributed by atoms with E-state index in [2.05, 4.69) is 5.32 Å². The van der Waals surface area contributed by atoms with E-state index in [4.69, 9.17) is 4.42 Å². The molecule has 1 N–H and O–H groups in total. The first-order chi connectivity index (χ1) is 7.29.